The molecule has 0 unspecified atom stereocenters. The molecular formula is C17H18BrCl2N5O. The lowest BCUT2D eigenvalue weighted by Gasteiger charge is -2.31. The number of amides is 1. The van der Waals surface area contributed by atoms with Crippen LogP contribution in [-0.2, 0) is 11.3 Å². The van der Waals surface area contributed by atoms with Crippen LogP contribution in [0.2, 0.25) is 10.0 Å². The van der Waals surface area contributed by atoms with E-state index in [1.54, 1.807) is 18.3 Å². The second kappa shape index (κ2) is 8.41. The van der Waals surface area contributed by atoms with Crippen LogP contribution in [0.1, 0.15) is 18.4 Å². The molecule has 0 atom stereocenters. The van der Waals surface area contributed by atoms with E-state index in [1.807, 2.05) is 11.0 Å². The third-order valence-corrected chi connectivity index (χ3v) is 5.57. The van der Waals surface area contributed by atoms with Gasteiger partial charge < -0.3 is 16.0 Å². The molecule has 0 aliphatic carbocycles. The lowest BCUT2D eigenvalue weighted by atomic mass is 9.96. The van der Waals surface area contributed by atoms with Crippen LogP contribution in [0.3, 0.4) is 0 Å². The molecule has 1 aromatic carbocycles. The minimum atomic E-state index is -0.0369. The zero-order valence-electron chi connectivity index (χ0n) is 13.9. The Morgan fingerprint density at radius 2 is 2.08 bits per heavy atom. The third kappa shape index (κ3) is 4.58. The van der Waals surface area contributed by atoms with Crippen LogP contribution in [0, 0.1) is 5.92 Å². The van der Waals surface area contributed by atoms with Gasteiger partial charge in [-0.2, -0.15) is 4.98 Å². The molecule has 0 bridgehead atoms. The Morgan fingerprint density at radius 3 is 2.73 bits per heavy atom. The summed E-state index contributed by atoms with van der Waals surface area (Å²) in [4.78, 5) is 23.0. The number of nitrogens with one attached hydrogen (secondary N) is 1. The predicted molar refractivity (Wildman–Crippen MR) is 107 cm³/mol. The number of rotatable bonds is 4. The molecule has 0 radical (unpaired) electrons. The van der Waals surface area contributed by atoms with E-state index < -0.39 is 0 Å². The zero-order chi connectivity index (χ0) is 18.7. The Kier molecular flexibility index (Phi) is 6.21. The first kappa shape index (κ1) is 19.2. The molecule has 1 aromatic heterocycles. The number of hydrogen-bond acceptors (Lipinski definition) is 5. The Balaban J connectivity index is 1.52. The van der Waals surface area contributed by atoms with Crippen LogP contribution < -0.4 is 16.0 Å². The summed E-state index contributed by atoms with van der Waals surface area (Å²) in [5.74, 6) is 1.00. The molecule has 2 aromatic rings. The maximum absolute atomic E-state index is 12.4. The van der Waals surface area contributed by atoms with Crippen LogP contribution in [0.5, 0.6) is 0 Å². The minimum Gasteiger partial charge on any atom is -0.383 e. The summed E-state index contributed by atoms with van der Waals surface area (Å²) < 4.78 is 0.677. The van der Waals surface area contributed by atoms with Gasteiger partial charge in [-0.25, -0.2) is 4.98 Å². The van der Waals surface area contributed by atoms with Gasteiger partial charge in [0.1, 0.15) is 5.82 Å². The third-order valence-electron chi connectivity index (χ3n) is 4.38. The van der Waals surface area contributed by atoms with Crippen molar-refractivity contribution in [1.29, 1.82) is 0 Å². The number of benzene rings is 1. The highest BCUT2D eigenvalue weighted by Gasteiger charge is 2.26. The summed E-state index contributed by atoms with van der Waals surface area (Å²) in [6, 6.07) is 5.26. The summed E-state index contributed by atoms with van der Waals surface area (Å²) in [5, 5.41) is 4.09. The van der Waals surface area contributed by atoms with E-state index in [9.17, 15) is 4.79 Å². The number of nitrogens with two attached hydrogens (primary N) is 1. The van der Waals surface area contributed by atoms with Gasteiger partial charge in [0.25, 0.3) is 0 Å². The summed E-state index contributed by atoms with van der Waals surface area (Å²) in [6.07, 6.45) is 3.12. The van der Waals surface area contributed by atoms with Crippen molar-refractivity contribution in [2.75, 3.05) is 23.7 Å². The molecule has 138 valence electrons. The van der Waals surface area contributed by atoms with Crippen LogP contribution in [0.25, 0.3) is 0 Å². The summed E-state index contributed by atoms with van der Waals surface area (Å²) in [6.45, 7) is 1.81. The van der Waals surface area contributed by atoms with Crippen LogP contribution in [-0.4, -0.2) is 29.0 Å². The maximum Gasteiger partial charge on any atom is 0.227 e. The molecule has 26 heavy (non-hydrogen) atoms. The van der Waals surface area contributed by atoms with Crippen molar-refractivity contribution in [3.05, 3.63) is 44.5 Å². The van der Waals surface area contributed by atoms with E-state index in [0.717, 1.165) is 18.4 Å². The van der Waals surface area contributed by atoms with Gasteiger partial charge >= 0.3 is 0 Å². The van der Waals surface area contributed by atoms with Gasteiger partial charge in [0.2, 0.25) is 11.9 Å². The fourth-order valence-corrected chi connectivity index (χ4v) is 3.52. The van der Waals surface area contributed by atoms with E-state index in [-0.39, 0.29) is 11.8 Å². The molecular weight excluding hydrogens is 441 g/mol. The smallest absolute Gasteiger partial charge is 0.227 e. The molecule has 2 heterocycles. The van der Waals surface area contributed by atoms with Crippen molar-refractivity contribution < 1.29 is 4.79 Å². The number of hydrogen-bond donors (Lipinski definition) is 2. The zero-order valence-corrected chi connectivity index (χ0v) is 17.0. The fraction of sp³-hybridized carbons (Fsp3) is 0.353. The molecule has 6 nitrogen and oxygen atoms in total. The number of piperidine rings is 1. The first-order valence-electron chi connectivity index (χ1n) is 8.18. The monoisotopic (exact) mass is 457 g/mol. The molecule has 1 saturated heterocycles. The van der Waals surface area contributed by atoms with Crippen molar-refractivity contribution in [2.24, 2.45) is 5.92 Å². The van der Waals surface area contributed by atoms with Gasteiger partial charge in [-0.3, -0.25) is 4.79 Å². The minimum absolute atomic E-state index is 0.0342. The number of aromatic nitrogens is 2. The largest absolute Gasteiger partial charge is 0.383 e. The van der Waals surface area contributed by atoms with Crippen molar-refractivity contribution in [1.82, 2.24) is 15.3 Å². The van der Waals surface area contributed by atoms with Crippen molar-refractivity contribution in [3.63, 3.8) is 0 Å². The van der Waals surface area contributed by atoms with Crippen LogP contribution >= 0.6 is 39.1 Å². The second-order valence-electron chi connectivity index (χ2n) is 6.12. The normalized spacial score (nSPS) is 15.1. The quantitative estimate of drug-likeness (QED) is 0.730. The van der Waals surface area contributed by atoms with Crippen LogP contribution in [0.4, 0.5) is 11.8 Å². The average molecular weight is 459 g/mol. The molecule has 1 fully saturated rings. The van der Waals surface area contributed by atoms with E-state index >= 15 is 0 Å². The molecule has 0 saturated carbocycles. The lowest BCUT2D eigenvalue weighted by molar-refractivity contribution is -0.125. The highest BCUT2D eigenvalue weighted by atomic mass is 79.9. The van der Waals surface area contributed by atoms with Crippen LogP contribution in [0.15, 0.2) is 28.9 Å². The Morgan fingerprint density at radius 1 is 1.35 bits per heavy atom. The van der Waals surface area contributed by atoms with Gasteiger partial charge in [0, 0.05) is 41.8 Å². The van der Waals surface area contributed by atoms with Crippen molar-refractivity contribution in [2.45, 2.75) is 19.4 Å². The van der Waals surface area contributed by atoms with Crippen molar-refractivity contribution >= 4 is 56.8 Å². The standard InChI is InChI=1S/C17H18BrCl2N5O/c18-13-9-23-17(24-15(13)21)25-5-3-10(4-6-25)16(26)22-8-11-1-2-12(19)7-14(11)20/h1-2,7,9-10H,3-6,8H2,(H,22,26)(H2,21,23,24). The summed E-state index contributed by atoms with van der Waals surface area (Å²) in [5.41, 5.74) is 6.66. The maximum atomic E-state index is 12.4. The van der Waals surface area contributed by atoms with Gasteiger partial charge in [0.05, 0.1) is 4.47 Å². The molecule has 9 heteroatoms. The highest BCUT2D eigenvalue weighted by molar-refractivity contribution is 9.10. The van der Waals surface area contributed by atoms with E-state index in [1.165, 1.54) is 0 Å². The Labute approximate surface area is 170 Å². The highest BCUT2D eigenvalue weighted by Crippen LogP contribution is 2.24. The molecule has 3 rings (SSSR count). The van der Waals surface area contributed by atoms with Gasteiger partial charge in [-0.05, 0) is 46.5 Å². The average Bonchev–Trinajstić information content (AvgIpc) is 2.63. The number of anilines is 2. The van der Waals surface area contributed by atoms with Gasteiger partial charge in [-0.15, -0.1) is 0 Å². The summed E-state index contributed by atoms with van der Waals surface area (Å²) >= 11 is 15.3. The molecule has 1 aliphatic heterocycles. The van der Waals surface area contributed by atoms with Gasteiger partial charge in [0.15, 0.2) is 0 Å². The Bertz CT molecular complexity index is 812. The number of nitrogen functional groups attached to an aromatic ring is 1. The topological polar surface area (TPSA) is 84.1 Å². The van der Waals surface area contributed by atoms with E-state index in [2.05, 4.69) is 31.2 Å². The lowest BCUT2D eigenvalue weighted by Crippen LogP contribution is -2.41. The fourth-order valence-electron chi connectivity index (χ4n) is 2.86. The first-order valence-corrected chi connectivity index (χ1v) is 9.73. The number of carbonyl (C=O) groups excluding carboxylic acids is 1. The first-order chi connectivity index (χ1) is 12.4. The summed E-state index contributed by atoms with van der Waals surface area (Å²) in [7, 11) is 0. The number of halogens is 3. The number of carbonyl (C=O) groups is 1. The second-order valence-corrected chi connectivity index (χ2v) is 7.82. The SMILES string of the molecule is Nc1nc(N2CCC(C(=O)NCc3ccc(Cl)cc3Cl)CC2)ncc1Br. The number of nitrogens with zero attached hydrogens (tertiary/aromatic N) is 3. The van der Waals surface area contributed by atoms with E-state index in [4.69, 9.17) is 28.9 Å². The molecule has 0 spiro atoms. The molecule has 1 amide bonds. The predicted octanol–water partition coefficient (Wildman–Crippen LogP) is 3.66. The molecule has 1 aliphatic rings. The molecule has 3 N–H and O–H groups in total. The Hall–Kier alpha value is -1.57. The van der Waals surface area contributed by atoms with Gasteiger partial charge in [-0.1, -0.05) is 29.3 Å². The van der Waals surface area contributed by atoms with E-state index in [0.29, 0.717) is 45.9 Å². The van der Waals surface area contributed by atoms with Crippen molar-refractivity contribution in [3.8, 4) is 0 Å².